The fourth-order valence-electron chi connectivity index (χ4n) is 2.21. The predicted molar refractivity (Wildman–Crippen MR) is 96.0 cm³/mol. The van der Waals surface area contributed by atoms with Crippen molar-refractivity contribution in [2.24, 2.45) is 0 Å². The molecule has 2 rings (SSSR count). The van der Waals surface area contributed by atoms with Gasteiger partial charge in [0, 0.05) is 29.9 Å². The largest absolute Gasteiger partial charge is 0.465 e. The molecule has 1 amide bonds. The van der Waals surface area contributed by atoms with Gasteiger partial charge in [-0.25, -0.2) is 4.79 Å². The van der Waals surface area contributed by atoms with Gasteiger partial charge in [-0.3, -0.25) is 9.59 Å². The number of methoxy groups -OCH3 is 1. The molecule has 130 valence electrons. The summed E-state index contributed by atoms with van der Waals surface area (Å²) in [5, 5.41) is 5.86. The van der Waals surface area contributed by atoms with E-state index in [0.717, 1.165) is 5.69 Å². The third-order valence-electron chi connectivity index (χ3n) is 3.54. The van der Waals surface area contributed by atoms with Crippen molar-refractivity contribution in [3.8, 4) is 0 Å². The van der Waals surface area contributed by atoms with Crippen LogP contribution in [-0.2, 0) is 9.53 Å². The van der Waals surface area contributed by atoms with Gasteiger partial charge in [-0.2, -0.15) is 0 Å². The summed E-state index contributed by atoms with van der Waals surface area (Å²) in [6.45, 7) is 1.96. The maximum Gasteiger partial charge on any atom is 0.337 e. The van der Waals surface area contributed by atoms with Crippen molar-refractivity contribution in [3.63, 3.8) is 0 Å². The summed E-state index contributed by atoms with van der Waals surface area (Å²) < 4.78 is 4.65. The summed E-state index contributed by atoms with van der Waals surface area (Å²) >= 11 is 0. The first-order valence-electron chi connectivity index (χ1n) is 7.82. The highest BCUT2D eigenvalue weighted by Crippen LogP contribution is 2.13. The van der Waals surface area contributed by atoms with Crippen LogP contribution in [0, 0.1) is 0 Å². The van der Waals surface area contributed by atoms with E-state index in [-0.39, 0.29) is 18.1 Å². The van der Waals surface area contributed by atoms with Gasteiger partial charge in [0.05, 0.1) is 12.7 Å². The number of rotatable bonds is 7. The first-order chi connectivity index (χ1) is 12.0. The monoisotopic (exact) mass is 340 g/mol. The fraction of sp³-hybridized carbons (Fsp3) is 0.211. The number of hydrogen-bond acceptors (Lipinski definition) is 5. The van der Waals surface area contributed by atoms with Gasteiger partial charge < -0.3 is 15.4 Å². The summed E-state index contributed by atoms with van der Waals surface area (Å²) in [4.78, 5) is 34.7. The van der Waals surface area contributed by atoms with Crippen molar-refractivity contribution in [3.05, 3.63) is 59.7 Å². The molecule has 0 unspecified atom stereocenters. The minimum Gasteiger partial charge on any atom is -0.465 e. The second-order valence-electron chi connectivity index (χ2n) is 5.43. The summed E-state index contributed by atoms with van der Waals surface area (Å²) in [5.41, 5.74) is 2.40. The normalized spacial score (nSPS) is 10.0. The number of nitrogens with one attached hydrogen (secondary N) is 2. The Hall–Kier alpha value is -3.15. The van der Waals surface area contributed by atoms with Crippen LogP contribution in [0.1, 0.15) is 34.1 Å². The van der Waals surface area contributed by atoms with Crippen LogP contribution < -0.4 is 10.6 Å². The molecule has 0 heterocycles. The van der Waals surface area contributed by atoms with Gasteiger partial charge >= 0.3 is 5.97 Å². The summed E-state index contributed by atoms with van der Waals surface area (Å²) in [7, 11) is 1.31. The van der Waals surface area contributed by atoms with Gasteiger partial charge in [0.2, 0.25) is 5.91 Å². The zero-order valence-corrected chi connectivity index (χ0v) is 14.2. The Morgan fingerprint density at radius 3 is 2.32 bits per heavy atom. The van der Waals surface area contributed by atoms with Crippen LogP contribution >= 0.6 is 0 Å². The summed E-state index contributed by atoms with van der Waals surface area (Å²) in [6, 6.07) is 13.6. The molecule has 0 aliphatic rings. The van der Waals surface area contributed by atoms with Crippen molar-refractivity contribution in [1.82, 2.24) is 0 Å². The lowest BCUT2D eigenvalue weighted by atomic mass is 10.1. The predicted octanol–water partition coefficient (Wildman–Crippen LogP) is 3.12. The van der Waals surface area contributed by atoms with Crippen LogP contribution in [0.2, 0.25) is 0 Å². The number of hydrogen-bond donors (Lipinski definition) is 2. The molecule has 0 bridgehead atoms. The number of carbonyl (C=O) groups excluding carboxylic acids is 3. The van der Waals surface area contributed by atoms with E-state index in [1.165, 1.54) is 14.0 Å². The summed E-state index contributed by atoms with van der Waals surface area (Å²) in [6.07, 6.45) is 0.261. The molecule has 0 aliphatic carbocycles. The maximum absolute atomic E-state index is 12.0. The maximum atomic E-state index is 12.0. The van der Waals surface area contributed by atoms with Crippen molar-refractivity contribution < 1.29 is 19.1 Å². The quantitative estimate of drug-likeness (QED) is 0.597. The topological polar surface area (TPSA) is 84.5 Å². The van der Waals surface area contributed by atoms with Crippen molar-refractivity contribution in [1.29, 1.82) is 0 Å². The third kappa shape index (κ3) is 5.46. The number of ketones is 1. The Bertz CT molecular complexity index is 769. The number of amides is 1. The molecule has 0 atom stereocenters. The highest BCUT2D eigenvalue weighted by atomic mass is 16.5. The Morgan fingerprint density at radius 1 is 0.960 bits per heavy atom. The van der Waals surface area contributed by atoms with Crippen LogP contribution in [0.4, 0.5) is 11.4 Å². The SMILES string of the molecule is COC(=O)c1cccc(NC(=O)CCNc2ccc(C(C)=O)cc2)c1. The molecular weight excluding hydrogens is 320 g/mol. The van der Waals surface area contributed by atoms with Crippen LogP contribution in [0.3, 0.4) is 0 Å². The highest BCUT2D eigenvalue weighted by Gasteiger charge is 2.08. The van der Waals surface area contributed by atoms with Gasteiger partial charge in [0.1, 0.15) is 0 Å². The average Bonchev–Trinajstić information content (AvgIpc) is 2.61. The second kappa shape index (κ2) is 8.63. The highest BCUT2D eigenvalue weighted by molar-refractivity contribution is 5.95. The smallest absolute Gasteiger partial charge is 0.337 e. The van der Waals surface area contributed by atoms with E-state index in [1.54, 1.807) is 48.5 Å². The van der Waals surface area contributed by atoms with E-state index in [0.29, 0.717) is 23.4 Å². The molecule has 0 radical (unpaired) electrons. The number of anilines is 2. The molecule has 25 heavy (non-hydrogen) atoms. The molecule has 2 aromatic rings. The first-order valence-corrected chi connectivity index (χ1v) is 7.82. The van der Waals surface area contributed by atoms with Crippen LogP contribution in [0.5, 0.6) is 0 Å². The molecule has 0 saturated heterocycles. The molecule has 0 spiro atoms. The molecule has 0 aromatic heterocycles. The molecule has 2 aromatic carbocycles. The van der Waals surface area contributed by atoms with E-state index >= 15 is 0 Å². The summed E-state index contributed by atoms with van der Waals surface area (Å²) in [5.74, 6) is -0.609. The Balaban J connectivity index is 1.82. The molecule has 0 aliphatic heterocycles. The third-order valence-corrected chi connectivity index (χ3v) is 3.54. The lowest BCUT2D eigenvalue weighted by Crippen LogP contribution is -2.16. The van der Waals surface area contributed by atoms with Gasteiger partial charge in [0.25, 0.3) is 0 Å². The van der Waals surface area contributed by atoms with E-state index in [4.69, 9.17) is 0 Å². The second-order valence-corrected chi connectivity index (χ2v) is 5.43. The zero-order chi connectivity index (χ0) is 18.2. The molecule has 6 heteroatoms. The van der Waals surface area contributed by atoms with E-state index in [1.807, 2.05) is 0 Å². The van der Waals surface area contributed by atoms with Crippen molar-refractivity contribution >= 4 is 29.0 Å². The number of esters is 1. The van der Waals surface area contributed by atoms with Gasteiger partial charge in [-0.1, -0.05) is 6.07 Å². The van der Waals surface area contributed by atoms with Gasteiger partial charge in [-0.05, 0) is 49.4 Å². The molecule has 0 saturated carbocycles. The lowest BCUT2D eigenvalue weighted by Gasteiger charge is -2.09. The van der Waals surface area contributed by atoms with E-state index in [9.17, 15) is 14.4 Å². The first kappa shape index (κ1) is 18.2. The van der Waals surface area contributed by atoms with Crippen LogP contribution in [-0.4, -0.2) is 31.3 Å². The van der Waals surface area contributed by atoms with Crippen molar-refractivity contribution in [2.75, 3.05) is 24.3 Å². The van der Waals surface area contributed by atoms with Crippen LogP contribution in [0.15, 0.2) is 48.5 Å². The number of benzene rings is 2. The zero-order valence-electron chi connectivity index (χ0n) is 14.2. The Kier molecular flexibility index (Phi) is 6.28. The number of ether oxygens (including phenoxy) is 1. The van der Waals surface area contributed by atoms with Gasteiger partial charge in [-0.15, -0.1) is 0 Å². The van der Waals surface area contributed by atoms with Gasteiger partial charge in [0.15, 0.2) is 5.78 Å². The lowest BCUT2D eigenvalue weighted by molar-refractivity contribution is -0.115. The van der Waals surface area contributed by atoms with E-state index in [2.05, 4.69) is 15.4 Å². The van der Waals surface area contributed by atoms with E-state index < -0.39 is 5.97 Å². The van der Waals surface area contributed by atoms with Crippen molar-refractivity contribution in [2.45, 2.75) is 13.3 Å². The molecule has 2 N–H and O–H groups in total. The average molecular weight is 340 g/mol. The minimum atomic E-state index is -0.452. The fourth-order valence-corrected chi connectivity index (χ4v) is 2.21. The number of carbonyl (C=O) groups is 3. The Labute approximate surface area is 146 Å². The minimum absolute atomic E-state index is 0.0140. The molecular formula is C19H20N2O4. The standard InChI is InChI=1S/C19H20N2O4/c1-13(22)14-6-8-16(9-7-14)20-11-10-18(23)21-17-5-3-4-15(12-17)19(24)25-2/h3-9,12,20H,10-11H2,1-2H3,(H,21,23). The number of Topliss-reactive ketones (excluding diaryl/α,β-unsaturated/α-hetero) is 1. The molecule has 6 nitrogen and oxygen atoms in total. The Morgan fingerprint density at radius 2 is 1.68 bits per heavy atom. The molecule has 0 fully saturated rings. The van der Waals surface area contributed by atoms with Crippen LogP contribution in [0.25, 0.3) is 0 Å².